The Morgan fingerprint density at radius 3 is 2.62 bits per heavy atom. The van der Waals surface area contributed by atoms with Crippen LogP contribution in [-0.4, -0.2) is 36.1 Å². The molecule has 0 aliphatic rings. The van der Waals surface area contributed by atoms with Crippen LogP contribution in [0.4, 0.5) is 11.4 Å². The summed E-state index contributed by atoms with van der Waals surface area (Å²) in [4.78, 5) is 22.1. The molecular weight excluding hydrogens is 274 g/mol. The number of benzene rings is 1. The van der Waals surface area contributed by atoms with Crippen LogP contribution in [0.25, 0.3) is 0 Å². The Kier molecular flexibility index (Phi) is 5.66. The zero-order valence-electron chi connectivity index (χ0n) is 12.5. The van der Waals surface area contributed by atoms with E-state index in [1.807, 2.05) is 13.8 Å². The summed E-state index contributed by atoms with van der Waals surface area (Å²) in [6.45, 7) is 4.46. The average Bonchev–Trinajstić information content (AvgIpc) is 2.44. The largest absolute Gasteiger partial charge is 0.396 e. The van der Waals surface area contributed by atoms with Gasteiger partial charge in [-0.2, -0.15) is 0 Å². The van der Waals surface area contributed by atoms with Crippen LogP contribution in [-0.2, 0) is 0 Å². The van der Waals surface area contributed by atoms with Gasteiger partial charge in [0.2, 0.25) is 0 Å². The molecule has 1 rings (SSSR count). The van der Waals surface area contributed by atoms with Crippen LogP contribution in [0.5, 0.6) is 0 Å². The van der Waals surface area contributed by atoms with Gasteiger partial charge in [0.25, 0.3) is 11.6 Å². The molecule has 0 aliphatic heterocycles. The monoisotopic (exact) mass is 295 g/mol. The summed E-state index contributed by atoms with van der Waals surface area (Å²) in [5.41, 5.74) is 0.265. The van der Waals surface area contributed by atoms with Gasteiger partial charge < -0.3 is 15.7 Å². The minimum Gasteiger partial charge on any atom is -0.396 e. The molecule has 0 aromatic heterocycles. The zero-order chi connectivity index (χ0) is 16.0. The van der Waals surface area contributed by atoms with Crippen molar-refractivity contribution in [3.63, 3.8) is 0 Å². The summed E-state index contributed by atoms with van der Waals surface area (Å²) in [5.74, 6) is -0.370. The molecule has 3 N–H and O–H groups in total. The Labute approximate surface area is 123 Å². The van der Waals surface area contributed by atoms with Crippen molar-refractivity contribution in [3.8, 4) is 0 Å². The van der Waals surface area contributed by atoms with Crippen molar-refractivity contribution in [1.82, 2.24) is 5.32 Å². The maximum atomic E-state index is 11.5. The number of nitrogens with one attached hydrogen (secondary N) is 2. The van der Waals surface area contributed by atoms with Crippen LogP contribution in [0.3, 0.4) is 0 Å². The molecule has 0 spiro atoms. The van der Waals surface area contributed by atoms with E-state index >= 15 is 0 Å². The third kappa shape index (κ3) is 4.71. The Bertz CT molecular complexity index is 529. The van der Waals surface area contributed by atoms with Gasteiger partial charge >= 0.3 is 0 Å². The van der Waals surface area contributed by atoms with E-state index in [9.17, 15) is 14.9 Å². The van der Waals surface area contributed by atoms with Crippen molar-refractivity contribution < 1.29 is 14.8 Å². The molecule has 1 aromatic carbocycles. The molecule has 0 bridgehead atoms. The van der Waals surface area contributed by atoms with Gasteiger partial charge in [0.1, 0.15) is 5.69 Å². The van der Waals surface area contributed by atoms with Crippen molar-refractivity contribution >= 4 is 17.3 Å². The van der Waals surface area contributed by atoms with Crippen LogP contribution >= 0.6 is 0 Å². The van der Waals surface area contributed by atoms with Crippen molar-refractivity contribution in [2.45, 2.75) is 20.3 Å². The predicted octanol–water partition coefficient (Wildman–Crippen LogP) is 1.77. The van der Waals surface area contributed by atoms with Gasteiger partial charge in [-0.1, -0.05) is 13.8 Å². The highest BCUT2D eigenvalue weighted by Crippen LogP contribution is 2.28. The average molecular weight is 295 g/mol. The number of aliphatic hydroxyl groups excluding tert-OH is 1. The second-order valence-electron chi connectivity index (χ2n) is 5.56. The van der Waals surface area contributed by atoms with Gasteiger partial charge in [-0.3, -0.25) is 14.9 Å². The van der Waals surface area contributed by atoms with Gasteiger partial charge in [0.05, 0.1) is 4.92 Å². The zero-order valence-corrected chi connectivity index (χ0v) is 12.5. The Morgan fingerprint density at radius 2 is 2.10 bits per heavy atom. The van der Waals surface area contributed by atoms with Crippen LogP contribution in [0.2, 0.25) is 0 Å². The second kappa shape index (κ2) is 7.03. The first-order valence-electron chi connectivity index (χ1n) is 6.66. The number of nitrogens with zero attached hydrogens (tertiary/aromatic N) is 1. The number of hydrogen-bond donors (Lipinski definition) is 3. The maximum Gasteiger partial charge on any atom is 0.293 e. The number of anilines is 1. The Morgan fingerprint density at radius 1 is 1.43 bits per heavy atom. The number of carbonyl (C=O) groups excluding carboxylic acids is 1. The number of hydrogen-bond acceptors (Lipinski definition) is 5. The standard InChI is InChI=1S/C14H21N3O4/c1-14(2,6-7-18)9-16-11-5-4-10(13(19)15-3)8-12(11)17(20)21/h4-5,8,16,18H,6-7,9H2,1-3H3,(H,15,19). The molecule has 0 radical (unpaired) electrons. The predicted molar refractivity (Wildman–Crippen MR) is 80.5 cm³/mol. The smallest absolute Gasteiger partial charge is 0.293 e. The lowest BCUT2D eigenvalue weighted by atomic mass is 9.89. The highest BCUT2D eigenvalue weighted by molar-refractivity contribution is 5.95. The molecule has 21 heavy (non-hydrogen) atoms. The summed E-state index contributed by atoms with van der Waals surface area (Å²) >= 11 is 0. The highest BCUT2D eigenvalue weighted by atomic mass is 16.6. The molecule has 0 unspecified atom stereocenters. The topological polar surface area (TPSA) is 104 Å². The normalized spacial score (nSPS) is 11.0. The molecular formula is C14H21N3O4. The van der Waals surface area contributed by atoms with Crippen molar-refractivity contribution in [2.75, 3.05) is 25.5 Å². The summed E-state index contributed by atoms with van der Waals surface area (Å²) < 4.78 is 0. The SMILES string of the molecule is CNC(=O)c1ccc(NCC(C)(C)CCO)c([N+](=O)[O-])c1. The van der Waals surface area contributed by atoms with E-state index in [1.54, 1.807) is 0 Å². The lowest BCUT2D eigenvalue weighted by molar-refractivity contribution is -0.384. The molecule has 0 fully saturated rings. The minimum atomic E-state index is -0.520. The van der Waals surface area contributed by atoms with E-state index in [0.717, 1.165) is 0 Å². The van der Waals surface area contributed by atoms with E-state index in [2.05, 4.69) is 10.6 Å². The molecule has 0 saturated carbocycles. The molecule has 7 heteroatoms. The fourth-order valence-electron chi connectivity index (χ4n) is 1.84. The molecule has 116 valence electrons. The van der Waals surface area contributed by atoms with Crippen LogP contribution in [0, 0.1) is 15.5 Å². The summed E-state index contributed by atoms with van der Waals surface area (Å²) in [5, 5.41) is 25.6. The van der Waals surface area contributed by atoms with E-state index in [1.165, 1.54) is 25.2 Å². The molecule has 0 heterocycles. The minimum absolute atomic E-state index is 0.0619. The van der Waals surface area contributed by atoms with E-state index in [0.29, 0.717) is 18.7 Å². The number of aliphatic hydroxyl groups is 1. The van der Waals surface area contributed by atoms with Gasteiger partial charge in [0, 0.05) is 31.8 Å². The molecule has 0 aliphatic carbocycles. The number of amides is 1. The molecule has 1 aromatic rings. The van der Waals surface area contributed by atoms with E-state index in [4.69, 9.17) is 5.11 Å². The lowest BCUT2D eigenvalue weighted by Crippen LogP contribution is -2.24. The quantitative estimate of drug-likeness (QED) is 0.525. The third-order valence-corrected chi connectivity index (χ3v) is 3.23. The molecule has 7 nitrogen and oxygen atoms in total. The number of carbonyl (C=O) groups is 1. The molecule has 0 saturated heterocycles. The summed E-state index contributed by atoms with van der Waals surface area (Å²) in [7, 11) is 1.47. The third-order valence-electron chi connectivity index (χ3n) is 3.23. The van der Waals surface area contributed by atoms with Crippen molar-refractivity contribution in [2.24, 2.45) is 5.41 Å². The van der Waals surface area contributed by atoms with Crippen molar-refractivity contribution in [1.29, 1.82) is 0 Å². The van der Waals surface area contributed by atoms with Gasteiger partial charge in [-0.05, 0) is 24.0 Å². The van der Waals surface area contributed by atoms with Gasteiger partial charge in [-0.15, -0.1) is 0 Å². The maximum absolute atomic E-state index is 11.5. The Balaban J connectivity index is 2.97. The summed E-state index contributed by atoms with van der Waals surface area (Å²) in [6, 6.07) is 4.31. The van der Waals surface area contributed by atoms with E-state index in [-0.39, 0.29) is 29.2 Å². The van der Waals surface area contributed by atoms with Crippen LogP contribution < -0.4 is 10.6 Å². The van der Waals surface area contributed by atoms with Crippen molar-refractivity contribution in [3.05, 3.63) is 33.9 Å². The summed E-state index contributed by atoms with van der Waals surface area (Å²) in [6.07, 6.45) is 0.587. The first-order chi connectivity index (χ1) is 9.80. The number of rotatable bonds is 7. The second-order valence-corrected chi connectivity index (χ2v) is 5.56. The van der Waals surface area contributed by atoms with Gasteiger partial charge in [0.15, 0.2) is 0 Å². The van der Waals surface area contributed by atoms with Crippen LogP contribution in [0.1, 0.15) is 30.6 Å². The van der Waals surface area contributed by atoms with E-state index < -0.39 is 4.92 Å². The first kappa shape index (κ1) is 16.9. The van der Waals surface area contributed by atoms with Gasteiger partial charge in [-0.25, -0.2) is 0 Å². The number of nitro groups is 1. The number of nitro benzene ring substituents is 1. The molecule has 0 atom stereocenters. The Hall–Kier alpha value is -2.15. The lowest BCUT2D eigenvalue weighted by Gasteiger charge is -2.24. The fraction of sp³-hybridized carbons (Fsp3) is 0.500. The first-order valence-corrected chi connectivity index (χ1v) is 6.66. The molecule has 1 amide bonds. The highest BCUT2D eigenvalue weighted by Gasteiger charge is 2.21. The van der Waals surface area contributed by atoms with Crippen LogP contribution in [0.15, 0.2) is 18.2 Å². The fourth-order valence-corrected chi connectivity index (χ4v) is 1.84.